The van der Waals surface area contributed by atoms with Crippen molar-refractivity contribution in [2.24, 2.45) is 0 Å². The van der Waals surface area contributed by atoms with Crippen molar-refractivity contribution in [3.63, 3.8) is 0 Å². The highest BCUT2D eigenvalue weighted by Crippen LogP contribution is 2.33. The maximum atomic E-state index is 14.1. The standard InChI is InChI=1S/C29H33Cl2N3O6S/c1-6-25(29(36)32-3)33(17-22-23(30)8-7-9-24(22)31)28(35)18-34(20-12-10-19(2)11-13-20)41(37,38)21-14-15-26(39-4)27(16-21)40-5/h7-16,25H,6,17-18H2,1-5H3,(H,32,36). The summed E-state index contributed by atoms with van der Waals surface area (Å²) in [7, 11) is 0.00944. The number of aryl methyl sites for hydroxylation is 1. The van der Waals surface area contributed by atoms with Gasteiger partial charge in [-0.1, -0.05) is 53.9 Å². The maximum Gasteiger partial charge on any atom is 0.264 e. The lowest BCUT2D eigenvalue weighted by molar-refractivity contribution is -0.140. The molecule has 0 aliphatic rings. The molecule has 1 N–H and O–H groups in total. The van der Waals surface area contributed by atoms with E-state index in [0.717, 1.165) is 9.87 Å². The Balaban J connectivity index is 2.13. The molecule has 9 nitrogen and oxygen atoms in total. The highest BCUT2D eigenvalue weighted by Gasteiger charge is 2.34. The Hall–Kier alpha value is -3.47. The Kier molecular flexibility index (Phi) is 10.9. The Morgan fingerprint density at radius 3 is 2.10 bits per heavy atom. The summed E-state index contributed by atoms with van der Waals surface area (Å²) in [6.45, 7) is 2.91. The number of ether oxygens (including phenoxy) is 2. The number of nitrogens with zero attached hydrogens (tertiary/aromatic N) is 2. The van der Waals surface area contributed by atoms with Gasteiger partial charge in [0, 0.05) is 35.3 Å². The zero-order chi connectivity index (χ0) is 30.3. The molecule has 0 radical (unpaired) electrons. The van der Waals surface area contributed by atoms with E-state index < -0.39 is 34.4 Å². The van der Waals surface area contributed by atoms with Gasteiger partial charge in [-0.3, -0.25) is 13.9 Å². The molecular formula is C29H33Cl2N3O6S. The summed E-state index contributed by atoms with van der Waals surface area (Å²) in [4.78, 5) is 28.1. The average molecular weight is 623 g/mol. The molecule has 0 saturated heterocycles. The number of halogens is 2. The number of sulfonamides is 1. The molecule has 0 bridgehead atoms. The van der Waals surface area contributed by atoms with E-state index in [-0.39, 0.29) is 29.3 Å². The van der Waals surface area contributed by atoms with Gasteiger partial charge >= 0.3 is 0 Å². The van der Waals surface area contributed by atoms with Crippen molar-refractivity contribution in [3.05, 3.63) is 81.8 Å². The summed E-state index contributed by atoms with van der Waals surface area (Å²) in [6, 6.07) is 14.9. The molecule has 2 amide bonds. The first-order valence-electron chi connectivity index (χ1n) is 12.7. The van der Waals surface area contributed by atoms with Crippen molar-refractivity contribution in [2.75, 3.05) is 32.1 Å². The predicted molar refractivity (Wildman–Crippen MR) is 160 cm³/mol. The molecule has 3 rings (SSSR count). The number of carbonyl (C=O) groups excluding carboxylic acids is 2. The maximum absolute atomic E-state index is 14.1. The highest BCUT2D eigenvalue weighted by atomic mass is 35.5. The van der Waals surface area contributed by atoms with Crippen LogP contribution in [0.2, 0.25) is 10.0 Å². The van der Waals surface area contributed by atoms with Crippen LogP contribution in [0.5, 0.6) is 11.5 Å². The molecule has 0 fully saturated rings. The number of methoxy groups -OCH3 is 2. The Labute approximate surface area is 251 Å². The number of carbonyl (C=O) groups is 2. The van der Waals surface area contributed by atoms with Crippen molar-refractivity contribution < 1.29 is 27.5 Å². The molecule has 0 aromatic heterocycles. The van der Waals surface area contributed by atoms with Crippen LogP contribution in [0.25, 0.3) is 0 Å². The van der Waals surface area contributed by atoms with Crippen LogP contribution < -0.4 is 19.1 Å². The van der Waals surface area contributed by atoms with Gasteiger partial charge in [0.05, 0.1) is 24.8 Å². The summed E-state index contributed by atoms with van der Waals surface area (Å²) in [5, 5.41) is 3.21. The summed E-state index contributed by atoms with van der Waals surface area (Å²) in [5.74, 6) is -0.470. The number of hydrogen-bond donors (Lipinski definition) is 1. The van der Waals surface area contributed by atoms with Crippen LogP contribution in [0.3, 0.4) is 0 Å². The lowest BCUT2D eigenvalue weighted by Crippen LogP contribution is -2.51. The number of amides is 2. The molecule has 3 aromatic carbocycles. The fourth-order valence-corrected chi connectivity index (χ4v) is 6.23. The molecule has 1 unspecified atom stereocenters. The summed E-state index contributed by atoms with van der Waals surface area (Å²) >= 11 is 12.8. The third-order valence-corrected chi connectivity index (χ3v) is 9.04. The zero-order valence-electron chi connectivity index (χ0n) is 23.5. The minimum Gasteiger partial charge on any atom is -0.493 e. The number of hydrogen-bond acceptors (Lipinski definition) is 6. The summed E-state index contributed by atoms with van der Waals surface area (Å²) in [5.41, 5.74) is 1.61. The number of likely N-dealkylation sites (N-methyl/N-ethyl adjacent to an activating group) is 1. The van der Waals surface area contributed by atoms with Gasteiger partial charge in [0.15, 0.2) is 11.5 Å². The Bertz CT molecular complexity index is 1480. The van der Waals surface area contributed by atoms with Crippen LogP contribution in [0, 0.1) is 6.92 Å². The number of benzene rings is 3. The van der Waals surface area contributed by atoms with Gasteiger partial charge in [-0.15, -0.1) is 0 Å². The van der Waals surface area contributed by atoms with Crippen molar-refractivity contribution in [2.45, 2.75) is 37.8 Å². The van der Waals surface area contributed by atoms with Gasteiger partial charge in [0.2, 0.25) is 11.8 Å². The molecule has 3 aromatic rings. The van der Waals surface area contributed by atoms with E-state index in [1.807, 2.05) is 6.92 Å². The van der Waals surface area contributed by atoms with Crippen LogP contribution >= 0.6 is 23.2 Å². The first kappa shape index (κ1) is 32.0. The molecule has 41 heavy (non-hydrogen) atoms. The fourth-order valence-electron chi connectivity index (χ4n) is 4.28. The third kappa shape index (κ3) is 7.25. The number of anilines is 1. The smallest absolute Gasteiger partial charge is 0.264 e. The van der Waals surface area contributed by atoms with Crippen LogP contribution in [0.1, 0.15) is 24.5 Å². The Morgan fingerprint density at radius 1 is 0.951 bits per heavy atom. The monoisotopic (exact) mass is 621 g/mol. The van der Waals surface area contributed by atoms with E-state index in [1.165, 1.54) is 44.4 Å². The van der Waals surface area contributed by atoms with Crippen molar-refractivity contribution in [1.29, 1.82) is 0 Å². The first-order chi connectivity index (χ1) is 19.5. The van der Waals surface area contributed by atoms with E-state index in [0.29, 0.717) is 21.4 Å². The van der Waals surface area contributed by atoms with Crippen LogP contribution in [0.4, 0.5) is 5.69 Å². The molecule has 0 aliphatic carbocycles. The van der Waals surface area contributed by atoms with E-state index in [9.17, 15) is 18.0 Å². The quantitative estimate of drug-likeness (QED) is 0.303. The average Bonchev–Trinajstić information content (AvgIpc) is 2.96. The van der Waals surface area contributed by atoms with Crippen LogP contribution in [-0.2, 0) is 26.2 Å². The second-order valence-electron chi connectivity index (χ2n) is 9.12. The van der Waals surface area contributed by atoms with E-state index >= 15 is 0 Å². The zero-order valence-corrected chi connectivity index (χ0v) is 25.8. The molecule has 220 valence electrons. The highest BCUT2D eigenvalue weighted by molar-refractivity contribution is 7.92. The minimum atomic E-state index is -4.30. The lowest BCUT2D eigenvalue weighted by atomic mass is 10.1. The largest absolute Gasteiger partial charge is 0.493 e. The Morgan fingerprint density at radius 2 is 1.56 bits per heavy atom. The molecule has 1 atom stereocenters. The van der Waals surface area contributed by atoms with Gasteiger partial charge < -0.3 is 19.7 Å². The third-order valence-electron chi connectivity index (χ3n) is 6.57. The second kappa shape index (κ2) is 13.9. The van der Waals surface area contributed by atoms with E-state index in [2.05, 4.69) is 5.32 Å². The molecule has 0 saturated carbocycles. The van der Waals surface area contributed by atoms with Gasteiger partial charge in [0.1, 0.15) is 12.6 Å². The summed E-state index contributed by atoms with van der Waals surface area (Å²) in [6.07, 6.45) is 0.264. The molecule has 0 heterocycles. The topological polar surface area (TPSA) is 105 Å². The predicted octanol–water partition coefficient (Wildman–Crippen LogP) is 5.07. The van der Waals surface area contributed by atoms with Crippen molar-refractivity contribution >= 4 is 50.7 Å². The van der Waals surface area contributed by atoms with Crippen molar-refractivity contribution in [1.82, 2.24) is 10.2 Å². The first-order valence-corrected chi connectivity index (χ1v) is 14.9. The van der Waals surface area contributed by atoms with E-state index in [4.69, 9.17) is 32.7 Å². The molecular weight excluding hydrogens is 589 g/mol. The van der Waals surface area contributed by atoms with Crippen molar-refractivity contribution in [3.8, 4) is 11.5 Å². The van der Waals surface area contributed by atoms with Gasteiger partial charge in [0.25, 0.3) is 10.0 Å². The molecule has 0 aliphatic heterocycles. The lowest BCUT2D eigenvalue weighted by Gasteiger charge is -2.33. The van der Waals surface area contributed by atoms with Gasteiger partial charge in [-0.05, 0) is 49.7 Å². The fraction of sp³-hybridized carbons (Fsp3) is 0.310. The number of nitrogens with one attached hydrogen (secondary N) is 1. The van der Waals surface area contributed by atoms with Crippen LogP contribution in [-0.4, -0.2) is 59.0 Å². The summed E-state index contributed by atoms with van der Waals surface area (Å²) < 4.78 is 39.7. The number of rotatable bonds is 12. The normalized spacial score (nSPS) is 11.9. The van der Waals surface area contributed by atoms with Crippen LogP contribution in [0.15, 0.2) is 65.6 Å². The van der Waals surface area contributed by atoms with Gasteiger partial charge in [-0.2, -0.15) is 0 Å². The molecule has 12 heteroatoms. The van der Waals surface area contributed by atoms with Gasteiger partial charge in [-0.25, -0.2) is 8.42 Å². The van der Waals surface area contributed by atoms with E-state index in [1.54, 1.807) is 49.4 Å². The molecule has 0 spiro atoms. The minimum absolute atomic E-state index is 0.109. The second-order valence-corrected chi connectivity index (χ2v) is 11.8. The SMILES string of the molecule is CCC(C(=O)NC)N(Cc1c(Cl)cccc1Cl)C(=O)CN(c1ccc(C)cc1)S(=O)(=O)c1ccc(OC)c(OC)c1.